The maximum atomic E-state index is 6.23. The molecule has 0 saturated carbocycles. The molecule has 0 fully saturated rings. The Labute approximate surface area is 133 Å². The van der Waals surface area contributed by atoms with Gasteiger partial charge in [-0.1, -0.05) is 37.6 Å². The van der Waals surface area contributed by atoms with Crippen LogP contribution in [-0.2, 0) is 12.8 Å². The molecule has 0 saturated heterocycles. The molecular weight excluding hydrogens is 302 g/mol. The summed E-state index contributed by atoms with van der Waals surface area (Å²) in [5.41, 5.74) is 0.866. The fourth-order valence-corrected chi connectivity index (χ4v) is 3.30. The zero-order chi connectivity index (χ0) is 14.8. The minimum Gasteiger partial charge on any atom is -0.338 e. The molecule has 0 bridgehead atoms. The van der Waals surface area contributed by atoms with Crippen molar-refractivity contribution in [3.8, 4) is 0 Å². The second-order valence-corrected chi connectivity index (χ2v) is 6.25. The number of halogens is 1. The van der Waals surface area contributed by atoms with Gasteiger partial charge in [0.2, 0.25) is 0 Å². The van der Waals surface area contributed by atoms with Crippen LogP contribution in [0.5, 0.6) is 0 Å². The number of rotatable bonds is 4. The first-order valence-corrected chi connectivity index (χ1v) is 8.21. The molecule has 1 aromatic carbocycles. The Bertz CT molecular complexity index is 782. The Morgan fingerprint density at radius 2 is 1.95 bits per heavy atom. The van der Waals surface area contributed by atoms with E-state index in [-0.39, 0.29) is 0 Å². The smallest absolute Gasteiger partial charge is 0.142 e. The molecule has 0 unspecified atom stereocenters. The van der Waals surface area contributed by atoms with Crippen LogP contribution in [0.4, 0.5) is 11.5 Å². The Morgan fingerprint density at radius 1 is 1.14 bits per heavy atom. The third kappa shape index (κ3) is 2.87. The van der Waals surface area contributed by atoms with Crippen molar-refractivity contribution in [3.63, 3.8) is 0 Å². The summed E-state index contributed by atoms with van der Waals surface area (Å²) in [4.78, 5) is 11.6. The van der Waals surface area contributed by atoms with E-state index in [0.717, 1.165) is 40.4 Å². The largest absolute Gasteiger partial charge is 0.338 e. The van der Waals surface area contributed by atoms with Gasteiger partial charge in [0.25, 0.3) is 0 Å². The third-order valence-electron chi connectivity index (χ3n) is 3.28. The molecule has 0 aliphatic rings. The van der Waals surface area contributed by atoms with Crippen molar-refractivity contribution >= 4 is 44.7 Å². The van der Waals surface area contributed by atoms with Crippen LogP contribution in [0.15, 0.2) is 30.3 Å². The summed E-state index contributed by atoms with van der Waals surface area (Å²) in [7, 11) is 0. The lowest BCUT2D eigenvalue weighted by Crippen LogP contribution is -2.00. The molecule has 0 spiro atoms. The molecule has 3 rings (SSSR count). The van der Waals surface area contributed by atoms with Crippen LogP contribution >= 0.6 is 22.9 Å². The van der Waals surface area contributed by atoms with E-state index in [2.05, 4.69) is 35.2 Å². The summed E-state index contributed by atoms with van der Waals surface area (Å²) < 4.78 is 0. The Morgan fingerprint density at radius 3 is 2.67 bits per heavy atom. The number of hydrogen-bond acceptors (Lipinski definition) is 4. The summed E-state index contributed by atoms with van der Waals surface area (Å²) in [6.45, 7) is 4.22. The maximum absolute atomic E-state index is 6.23. The van der Waals surface area contributed by atoms with Crippen molar-refractivity contribution in [2.45, 2.75) is 26.7 Å². The second kappa shape index (κ2) is 6.00. The van der Waals surface area contributed by atoms with Gasteiger partial charge in [-0.25, -0.2) is 9.97 Å². The molecule has 2 aromatic heterocycles. The number of nitrogens with zero attached hydrogens (tertiary/aromatic N) is 2. The van der Waals surface area contributed by atoms with Gasteiger partial charge >= 0.3 is 0 Å². The van der Waals surface area contributed by atoms with Gasteiger partial charge in [-0.2, -0.15) is 0 Å². The molecule has 0 radical (unpaired) electrons. The van der Waals surface area contributed by atoms with E-state index in [1.807, 2.05) is 24.3 Å². The molecule has 0 aliphatic heterocycles. The fraction of sp³-hybridized carbons (Fsp3) is 0.250. The Hall–Kier alpha value is -1.65. The highest BCUT2D eigenvalue weighted by Crippen LogP contribution is 2.32. The van der Waals surface area contributed by atoms with Crippen molar-refractivity contribution < 1.29 is 0 Å². The van der Waals surface area contributed by atoms with E-state index < -0.39 is 0 Å². The number of anilines is 2. The number of aryl methyl sites for hydroxylation is 2. The van der Waals surface area contributed by atoms with E-state index >= 15 is 0 Å². The highest BCUT2D eigenvalue weighted by molar-refractivity contribution is 7.18. The van der Waals surface area contributed by atoms with E-state index in [9.17, 15) is 0 Å². The summed E-state index contributed by atoms with van der Waals surface area (Å²) in [5, 5.41) is 5.10. The molecule has 1 N–H and O–H groups in total. The van der Waals surface area contributed by atoms with Gasteiger partial charge in [0.1, 0.15) is 16.5 Å². The van der Waals surface area contributed by atoms with Crippen LogP contribution in [-0.4, -0.2) is 9.97 Å². The standard InChI is InChI=1S/C16H16ClN3S/c1-3-10-9-11-15(18-13-8-6-5-7-12(13)17)19-14(4-2)20-16(11)21-10/h5-9H,3-4H2,1-2H3,(H,18,19,20). The van der Waals surface area contributed by atoms with Crippen LogP contribution in [0, 0.1) is 0 Å². The molecule has 3 nitrogen and oxygen atoms in total. The van der Waals surface area contributed by atoms with Gasteiger partial charge in [-0.3, -0.25) is 0 Å². The number of nitrogens with one attached hydrogen (secondary N) is 1. The van der Waals surface area contributed by atoms with Crippen molar-refractivity contribution in [2.75, 3.05) is 5.32 Å². The predicted octanol–water partition coefficient (Wildman–Crippen LogP) is 5.21. The average Bonchev–Trinajstić information content (AvgIpc) is 2.92. The van der Waals surface area contributed by atoms with E-state index in [1.165, 1.54) is 4.88 Å². The molecule has 5 heteroatoms. The highest BCUT2D eigenvalue weighted by Gasteiger charge is 2.12. The predicted molar refractivity (Wildman–Crippen MR) is 90.9 cm³/mol. The average molecular weight is 318 g/mol. The molecule has 0 atom stereocenters. The second-order valence-electron chi connectivity index (χ2n) is 4.73. The zero-order valence-electron chi connectivity index (χ0n) is 12.0. The zero-order valence-corrected chi connectivity index (χ0v) is 13.6. The van der Waals surface area contributed by atoms with Gasteiger partial charge in [-0.15, -0.1) is 11.3 Å². The van der Waals surface area contributed by atoms with Crippen LogP contribution in [0.3, 0.4) is 0 Å². The lowest BCUT2D eigenvalue weighted by Gasteiger charge is -2.09. The summed E-state index contributed by atoms with van der Waals surface area (Å²) in [5.74, 6) is 1.68. The Kier molecular flexibility index (Phi) is 4.08. The number of benzene rings is 1. The molecule has 108 valence electrons. The Balaban J connectivity index is 2.11. The highest BCUT2D eigenvalue weighted by atomic mass is 35.5. The minimum absolute atomic E-state index is 0.688. The SMILES string of the molecule is CCc1nc(Nc2ccccc2Cl)c2cc(CC)sc2n1. The van der Waals surface area contributed by atoms with Crippen LogP contribution in [0.1, 0.15) is 24.5 Å². The maximum Gasteiger partial charge on any atom is 0.142 e. The van der Waals surface area contributed by atoms with E-state index in [4.69, 9.17) is 11.6 Å². The van der Waals surface area contributed by atoms with Gasteiger partial charge in [-0.05, 0) is 24.6 Å². The van der Waals surface area contributed by atoms with Crippen molar-refractivity contribution in [1.29, 1.82) is 0 Å². The van der Waals surface area contributed by atoms with Crippen molar-refractivity contribution in [2.24, 2.45) is 0 Å². The van der Waals surface area contributed by atoms with E-state index in [0.29, 0.717) is 5.02 Å². The molecule has 0 amide bonds. The first kappa shape index (κ1) is 14.3. The topological polar surface area (TPSA) is 37.8 Å². The first-order valence-electron chi connectivity index (χ1n) is 7.02. The monoisotopic (exact) mass is 317 g/mol. The molecule has 0 aliphatic carbocycles. The van der Waals surface area contributed by atoms with Crippen LogP contribution < -0.4 is 5.32 Å². The van der Waals surface area contributed by atoms with Crippen molar-refractivity contribution in [3.05, 3.63) is 46.1 Å². The molecule has 3 aromatic rings. The molecule has 2 heterocycles. The number of thiophene rings is 1. The van der Waals surface area contributed by atoms with Gasteiger partial charge < -0.3 is 5.32 Å². The van der Waals surface area contributed by atoms with Crippen LogP contribution in [0.25, 0.3) is 10.2 Å². The van der Waals surface area contributed by atoms with Gasteiger partial charge in [0.15, 0.2) is 0 Å². The quantitative estimate of drug-likeness (QED) is 0.717. The summed E-state index contributed by atoms with van der Waals surface area (Å²) >= 11 is 7.96. The minimum atomic E-state index is 0.688. The third-order valence-corrected chi connectivity index (χ3v) is 4.78. The number of hydrogen-bond donors (Lipinski definition) is 1. The number of aromatic nitrogens is 2. The molecular formula is C16H16ClN3S. The van der Waals surface area contributed by atoms with Crippen LogP contribution in [0.2, 0.25) is 5.02 Å². The van der Waals surface area contributed by atoms with Crippen molar-refractivity contribution in [1.82, 2.24) is 9.97 Å². The summed E-state index contributed by atoms with van der Waals surface area (Å²) in [6.07, 6.45) is 1.82. The van der Waals surface area contributed by atoms with Gasteiger partial charge in [0.05, 0.1) is 16.1 Å². The van der Waals surface area contributed by atoms with E-state index in [1.54, 1.807) is 11.3 Å². The lowest BCUT2D eigenvalue weighted by molar-refractivity contribution is 0.967. The lowest BCUT2D eigenvalue weighted by atomic mass is 10.2. The number of para-hydroxylation sites is 1. The summed E-state index contributed by atoms with van der Waals surface area (Å²) in [6, 6.07) is 9.86. The first-order chi connectivity index (χ1) is 10.2. The fourth-order valence-electron chi connectivity index (χ4n) is 2.13. The van der Waals surface area contributed by atoms with Gasteiger partial charge in [0, 0.05) is 11.3 Å². The molecule has 21 heavy (non-hydrogen) atoms. The normalized spacial score (nSPS) is 11.0. The number of fused-ring (bicyclic) bond motifs is 1.